The molecule has 1 aliphatic carbocycles. The van der Waals surface area contributed by atoms with Crippen LogP contribution in [0.2, 0.25) is 0 Å². The molecule has 4 nitrogen and oxygen atoms in total. The highest BCUT2D eigenvalue weighted by atomic mass is 16.5. The van der Waals surface area contributed by atoms with Gasteiger partial charge < -0.3 is 10.1 Å². The number of nitrogens with one attached hydrogen (secondary N) is 1. The van der Waals surface area contributed by atoms with E-state index in [1.807, 2.05) is 30.3 Å². The predicted molar refractivity (Wildman–Crippen MR) is 101 cm³/mol. The van der Waals surface area contributed by atoms with Gasteiger partial charge in [-0.15, -0.1) is 0 Å². The molecular formula is C21H28N2O2. The SMILES string of the molecule is COC1=NC(c2ccc(C(=O)NCC3CCCC3(C)C)cc2)CC=C1. The van der Waals surface area contributed by atoms with E-state index in [1.54, 1.807) is 7.11 Å². The molecule has 3 rings (SSSR count). The van der Waals surface area contributed by atoms with Crippen molar-refractivity contribution in [2.24, 2.45) is 16.3 Å². The Labute approximate surface area is 150 Å². The summed E-state index contributed by atoms with van der Waals surface area (Å²) in [4.78, 5) is 17.0. The smallest absolute Gasteiger partial charge is 0.251 e. The van der Waals surface area contributed by atoms with E-state index in [9.17, 15) is 4.79 Å². The van der Waals surface area contributed by atoms with Crippen LogP contribution in [0.1, 0.15) is 61.5 Å². The Morgan fingerprint density at radius 3 is 2.72 bits per heavy atom. The average Bonchev–Trinajstić information content (AvgIpc) is 2.98. The molecule has 2 aliphatic rings. The molecule has 0 radical (unpaired) electrons. The van der Waals surface area contributed by atoms with Gasteiger partial charge in [0.25, 0.3) is 5.91 Å². The molecule has 1 amide bonds. The summed E-state index contributed by atoms with van der Waals surface area (Å²) >= 11 is 0. The molecule has 1 heterocycles. The lowest BCUT2D eigenvalue weighted by atomic mass is 9.82. The number of hydrogen-bond acceptors (Lipinski definition) is 3. The van der Waals surface area contributed by atoms with Gasteiger partial charge in [0.1, 0.15) is 0 Å². The topological polar surface area (TPSA) is 50.7 Å². The van der Waals surface area contributed by atoms with Crippen molar-refractivity contribution in [1.29, 1.82) is 0 Å². The van der Waals surface area contributed by atoms with E-state index < -0.39 is 0 Å². The number of rotatable bonds is 4. The first-order chi connectivity index (χ1) is 12.0. The fourth-order valence-corrected chi connectivity index (χ4v) is 3.83. The third-order valence-corrected chi connectivity index (χ3v) is 5.66. The number of carbonyl (C=O) groups is 1. The van der Waals surface area contributed by atoms with Gasteiger partial charge in [-0.05, 0) is 54.4 Å². The van der Waals surface area contributed by atoms with Crippen LogP contribution in [0.3, 0.4) is 0 Å². The highest BCUT2D eigenvalue weighted by molar-refractivity contribution is 5.94. The molecule has 1 aromatic rings. The number of ether oxygens (including phenoxy) is 1. The first-order valence-corrected chi connectivity index (χ1v) is 9.16. The van der Waals surface area contributed by atoms with Crippen LogP contribution < -0.4 is 5.32 Å². The number of methoxy groups -OCH3 is 1. The van der Waals surface area contributed by atoms with Crippen LogP contribution >= 0.6 is 0 Å². The molecule has 134 valence electrons. The van der Waals surface area contributed by atoms with Crippen molar-refractivity contribution in [2.75, 3.05) is 13.7 Å². The summed E-state index contributed by atoms with van der Waals surface area (Å²) in [5, 5.41) is 3.11. The van der Waals surface area contributed by atoms with E-state index in [0.717, 1.165) is 18.5 Å². The van der Waals surface area contributed by atoms with Crippen molar-refractivity contribution < 1.29 is 9.53 Å². The molecule has 1 aromatic carbocycles. The molecule has 0 spiro atoms. The summed E-state index contributed by atoms with van der Waals surface area (Å²) in [6.45, 7) is 5.38. The minimum atomic E-state index is 0.0128. The summed E-state index contributed by atoms with van der Waals surface area (Å²) in [6, 6.07) is 7.84. The molecule has 25 heavy (non-hydrogen) atoms. The van der Waals surface area contributed by atoms with Gasteiger partial charge in [-0.25, -0.2) is 4.99 Å². The number of nitrogens with zero attached hydrogens (tertiary/aromatic N) is 1. The Kier molecular flexibility index (Phi) is 5.26. The fraction of sp³-hybridized carbons (Fsp3) is 0.524. The molecule has 0 aromatic heterocycles. The van der Waals surface area contributed by atoms with Gasteiger partial charge >= 0.3 is 0 Å². The Bertz CT molecular complexity index is 674. The highest BCUT2D eigenvalue weighted by Gasteiger charge is 2.34. The van der Waals surface area contributed by atoms with Crippen molar-refractivity contribution in [3.63, 3.8) is 0 Å². The first kappa shape index (κ1) is 17.7. The monoisotopic (exact) mass is 340 g/mol. The van der Waals surface area contributed by atoms with Crippen molar-refractivity contribution in [1.82, 2.24) is 5.32 Å². The predicted octanol–water partition coefficient (Wildman–Crippen LogP) is 4.29. The van der Waals surface area contributed by atoms with Crippen LogP contribution in [0.25, 0.3) is 0 Å². The second-order valence-electron chi connectivity index (χ2n) is 7.74. The number of dihydropyridines is 1. The lowest BCUT2D eigenvalue weighted by molar-refractivity contribution is 0.0937. The van der Waals surface area contributed by atoms with E-state index in [1.165, 1.54) is 19.3 Å². The zero-order chi connectivity index (χ0) is 17.9. The van der Waals surface area contributed by atoms with Crippen molar-refractivity contribution in [3.05, 3.63) is 47.5 Å². The normalized spacial score (nSPS) is 24.7. The minimum Gasteiger partial charge on any atom is -0.481 e. The van der Waals surface area contributed by atoms with E-state index in [4.69, 9.17) is 4.74 Å². The summed E-state index contributed by atoms with van der Waals surface area (Å²) in [7, 11) is 1.63. The van der Waals surface area contributed by atoms with Crippen molar-refractivity contribution >= 4 is 11.8 Å². The Hall–Kier alpha value is -2.10. The average molecular weight is 340 g/mol. The molecule has 1 saturated carbocycles. The number of benzene rings is 1. The van der Waals surface area contributed by atoms with E-state index in [-0.39, 0.29) is 11.9 Å². The van der Waals surface area contributed by atoms with Crippen molar-refractivity contribution in [3.8, 4) is 0 Å². The van der Waals surface area contributed by atoms with E-state index in [0.29, 0.717) is 22.8 Å². The molecule has 1 aliphatic heterocycles. The maximum Gasteiger partial charge on any atom is 0.251 e. The Balaban J connectivity index is 1.59. The second-order valence-corrected chi connectivity index (χ2v) is 7.74. The summed E-state index contributed by atoms with van der Waals surface area (Å²) in [5.74, 6) is 1.24. The number of hydrogen-bond donors (Lipinski definition) is 1. The number of carbonyl (C=O) groups excluding carboxylic acids is 1. The maximum atomic E-state index is 12.4. The van der Waals surface area contributed by atoms with Crippen LogP contribution in [0.15, 0.2) is 41.4 Å². The van der Waals surface area contributed by atoms with Crippen LogP contribution in [-0.2, 0) is 4.74 Å². The van der Waals surface area contributed by atoms with Crippen LogP contribution in [0, 0.1) is 11.3 Å². The van der Waals surface area contributed by atoms with Gasteiger partial charge in [0.15, 0.2) is 0 Å². The quantitative estimate of drug-likeness (QED) is 0.889. The summed E-state index contributed by atoms with van der Waals surface area (Å²) in [5.41, 5.74) is 2.15. The zero-order valence-corrected chi connectivity index (χ0v) is 15.4. The largest absolute Gasteiger partial charge is 0.481 e. The molecular weight excluding hydrogens is 312 g/mol. The van der Waals surface area contributed by atoms with Gasteiger partial charge in [-0.2, -0.15) is 0 Å². The third-order valence-electron chi connectivity index (χ3n) is 5.66. The van der Waals surface area contributed by atoms with E-state index in [2.05, 4.69) is 30.2 Å². The van der Waals surface area contributed by atoms with Crippen LogP contribution in [0.4, 0.5) is 0 Å². The lowest BCUT2D eigenvalue weighted by Gasteiger charge is -2.27. The maximum absolute atomic E-state index is 12.4. The zero-order valence-electron chi connectivity index (χ0n) is 15.4. The molecule has 2 unspecified atom stereocenters. The summed E-state index contributed by atoms with van der Waals surface area (Å²) in [6.07, 6.45) is 8.55. The standard InChI is InChI=1S/C21H28N2O2/c1-21(2)13-5-6-17(21)14-22-20(24)16-11-9-15(10-12-16)18-7-4-8-19(23-18)25-3/h4,8-12,17-18H,5-7,13-14H2,1-3H3,(H,22,24). The van der Waals surface area contributed by atoms with Crippen LogP contribution in [0.5, 0.6) is 0 Å². The molecule has 2 atom stereocenters. The van der Waals surface area contributed by atoms with E-state index >= 15 is 0 Å². The molecule has 0 bridgehead atoms. The van der Waals surface area contributed by atoms with Gasteiger partial charge in [-0.3, -0.25) is 4.79 Å². The Morgan fingerprint density at radius 2 is 2.08 bits per heavy atom. The third kappa shape index (κ3) is 4.12. The molecule has 0 saturated heterocycles. The van der Waals surface area contributed by atoms with Gasteiger partial charge in [0.05, 0.1) is 13.2 Å². The molecule has 1 fully saturated rings. The Morgan fingerprint density at radius 1 is 1.32 bits per heavy atom. The fourth-order valence-electron chi connectivity index (χ4n) is 3.83. The van der Waals surface area contributed by atoms with Gasteiger partial charge in [0, 0.05) is 12.1 Å². The lowest BCUT2D eigenvalue weighted by Crippen LogP contribution is -2.33. The summed E-state index contributed by atoms with van der Waals surface area (Å²) < 4.78 is 5.20. The number of aliphatic imine (C=N–C) groups is 1. The second kappa shape index (κ2) is 7.42. The first-order valence-electron chi connectivity index (χ1n) is 9.16. The highest BCUT2D eigenvalue weighted by Crippen LogP contribution is 2.42. The van der Waals surface area contributed by atoms with Gasteiger partial charge in [0.2, 0.25) is 5.90 Å². The number of amides is 1. The van der Waals surface area contributed by atoms with Crippen molar-refractivity contribution in [2.45, 2.75) is 45.6 Å². The van der Waals surface area contributed by atoms with Crippen LogP contribution in [-0.4, -0.2) is 25.5 Å². The molecule has 4 heteroatoms. The minimum absolute atomic E-state index is 0.0128. The molecule has 1 N–H and O–H groups in total. The van der Waals surface area contributed by atoms with Gasteiger partial charge in [-0.1, -0.05) is 38.5 Å².